The van der Waals surface area contributed by atoms with Crippen molar-refractivity contribution in [3.63, 3.8) is 0 Å². The molecule has 0 saturated carbocycles. The summed E-state index contributed by atoms with van der Waals surface area (Å²) in [6.45, 7) is 1.76. The molecule has 3 aromatic rings. The molecule has 2 N–H and O–H groups in total. The first-order chi connectivity index (χ1) is 9.08. The maximum Gasteiger partial charge on any atom is 0.262 e. The van der Waals surface area contributed by atoms with Gasteiger partial charge in [0.2, 0.25) is 5.88 Å². The average molecular weight is 259 g/mol. The molecule has 0 bridgehead atoms. The van der Waals surface area contributed by atoms with Crippen LogP contribution in [0.2, 0.25) is 0 Å². The second-order valence-corrected chi connectivity index (χ2v) is 4.25. The van der Waals surface area contributed by atoms with Crippen LogP contribution >= 0.6 is 0 Å². The van der Waals surface area contributed by atoms with Crippen molar-refractivity contribution in [3.8, 4) is 17.0 Å². The number of benzene rings is 1. The fraction of sp³-hybridized carbons (Fsp3) is 0.0769. The molecule has 0 amide bonds. The molecular weight excluding hydrogens is 249 g/mol. The highest BCUT2D eigenvalue weighted by atomic mass is 19.1. The van der Waals surface area contributed by atoms with Gasteiger partial charge in [-0.1, -0.05) is 12.1 Å². The molecule has 0 aliphatic carbocycles. The predicted molar refractivity (Wildman–Crippen MR) is 67.6 cm³/mol. The number of hydrogen-bond donors (Lipinski definition) is 2. The minimum absolute atomic E-state index is 0.00454. The number of nitrogens with zero attached hydrogens (tertiary/aromatic N) is 2. The van der Waals surface area contributed by atoms with Gasteiger partial charge in [-0.25, -0.2) is 4.39 Å². The summed E-state index contributed by atoms with van der Waals surface area (Å²) in [4.78, 5) is 14.7. The number of nitrogens with one attached hydrogen (secondary N) is 1. The van der Waals surface area contributed by atoms with Crippen LogP contribution in [0, 0.1) is 12.7 Å². The highest BCUT2D eigenvalue weighted by molar-refractivity contribution is 5.69. The van der Waals surface area contributed by atoms with Crippen LogP contribution in [-0.2, 0) is 0 Å². The lowest BCUT2D eigenvalue weighted by Gasteiger charge is -2.06. The smallest absolute Gasteiger partial charge is 0.262 e. The van der Waals surface area contributed by atoms with Crippen molar-refractivity contribution in [2.45, 2.75) is 6.92 Å². The highest BCUT2D eigenvalue weighted by Gasteiger charge is 2.16. The van der Waals surface area contributed by atoms with Crippen molar-refractivity contribution in [3.05, 3.63) is 52.2 Å². The Morgan fingerprint density at radius 1 is 1.42 bits per heavy atom. The van der Waals surface area contributed by atoms with Crippen LogP contribution < -0.4 is 5.56 Å². The largest absolute Gasteiger partial charge is 0.493 e. The first-order valence-corrected chi connectivity index (χ1v) is 5.63. The van der Waals surface area contributed by atoms with E-state index in [1.54, 1.807) is 13.0 Å². The number of rotatable bonds is 1. The summed E-state index contributed by atoms with van der Waals surface area (Å²) in [5.74, 6) is -0.787. The van der Waals surface area contributed by atoms with Crippen LogP contribution in [0.5, 0.6) is 5.88 Å². The zero-order chi connectivity index (χ0) is 13.6. The molecule has 96 valence electrons. The van der Waals surface area contributed by atoms with E-state index in [9.17, 15) is 14.3 Å². The molecule has 0 aliphatic heterocycles. The zero-order valence-corrected chi connectivity index (χ0v) is 10.0. The summed E-state index contributed by atoms with van der Waals surface area (Å²) in [6, 6.07) is 5.48. The summed E-state index contributed by atoms with van der Waals surface area (Å²) in [5, 5.41) is 14.1. The Bertz CT molecular complexity index is 836. The number of halogens is 1. The first-order valence-electron chi connectivity index (χ1n) is 5.63. The van der Waals surface area contributed by atoms with Crippen molar-refractivity contribution in [1.82, 2.24) is 14.6 Å². The van der Waals surface area contributed by atoms with Gasteiger partial charge < -0.3 is 10.1 Å². The summed E-state index contributed by atoms with van der Waals surface area (Å²) in [5.41, 5.74) is 0.962. The van der Waals surface area contributed by atoms with E-state index in [0.717, 1.165) is 5.56 Å². The van der Waals surface area contributed by atoms with Crippen molar-refractivity contribution < 1.29 is 9.50 Å². The van der Waals surface area contributed by atoms with Gasteiger partial charge in [0, 0.05) is 5.56 Å². The maximum absolute atomic E-state index is 13.2. The summed E-state index contributed by atoms with van der Waals surface area (Å²) in [7, 11) is 0. The third-order valence-electron chi connectivity index (χ3n) is 2.95. The number of aromatic nitrogens is 3. The van der Waals surface area contributed by atoms with E-state index in [2.05, 4.69) is 10.1 Å². The lowest BCUT2D eigenvalue weighted by molar-refractivity contribution is 0.437. The van der Waals surface area contributed by atoms with Gasteiger partial charge in [0.1, 0.15) is 17.0 Å². The van der Waals surface area contributed by atoms with Gasteiger partial charge >= 0.3 is 0 Å². The van der Waals surface area contributed by atoms with Crippen molar-refractivity contribution >= 4 is 5.65 Å². The van der Waals surface area contributed by atoms with Gasteiger partial charge in [0.15, 0.2) is 0 Å². The van der Waals surface area contributed by atoms with E-state index in [1.165, 1.54) is 28.9 Å². The van der Waals surface area contributed by atoms with Gasteiger partial charge in [0.25, 0.3) is 5.56 Å². The standard InChI is InChI=1S/C13H10FN3O2/c1-7-6-15-17-11(7)16-12(18)10(13(17)19)8-3-2-4-9(14)5-8/h2-6,19H,1H3,(H,16,18). The Morgan fingerprint density at radius 3 is 2.95 bits per heavy atom. The van der Waals surface area contributed by atoms with E-state index in [0.29, 0.717) is 11.2 Å². The molecule has 0 spiro atoms. The van der Waals surface area contributed by atoms with Crippen molar-refractivity contribution in [1.29, 1.82) is 0 Å². The van der Waals surface area contributed by atoms with Crippen LogP contribution in [0.3, 0.4) is 0 Å². The molecule has 0 radical (unpaired) electrons. The second-order valence-electron chi connectivity index (χ2n) is 4.25. The lowest BCUT2D eigenvalue weighted by Crippen LogP contribution is -2.12. The lowest BCUT2D eigenvalue weighted by atomic mass is 10.1. The quantitative estimate of drug-likeness (QED) is 0.700. The van der Waals surface area contributed by atoms with Crippen LogP contribution in [-0.4, -0.2) is 19.7 Å². The molecule has 0 saturated heterocycles. The number of aromatic hydroxyl groups is 1. The third-order valence-corrected chi connectivity index (χ3v) is 2.95. The molecule has 0 aliphatic rings. The van der Waals surface area contributed by atoms with Gasteiger partial charge in [-0.15, -0.1) is 0 Å². The Labute approximate surface area is 107 Å². The minimum atomic E-state index is -0.487. The minimum Gasteiger partial charge on any atom is -0.493 e. The molecule has 0 unspecified atom stereocenters. The number of aromatic amines is 1. The Balaban J connectivity index is 2.39. The average Bonchev–Trinajstić information content (AvgIpc) is 2.72. The van der Waals surface area contributed by atoms with E-state index in [4.69, 9.17) is 0 Å². The number of aryl methyl sites for hydroxylation is 1. The monoisotopic (exact) mass is 259 g/mol. The third kappa shape index (κ3) is 1.69. The van der Waals surface area contributed by atoms with E-state index < -0.39 is 11.4 Å². The van der Waals surface area contributed by atoms with Crippen LogP contribution in [0.1, 0.15) is 5.56 Å². The molecule has 5 nitrogen and oxygen atoms in total. The van der Waals surface area contributed by atoms with E-state index in [-0.39, 0.29) is 11.4 Å². The SMILES string of the molecule is Cc1cnn2c(O)c(-c3cccc(F)c3)c(=O)[nH]c12. The van der Waals surface area contributed by atoms with E-state index in [1.807, 2.05) is 0 Å². The molecule has 3 rings (SSSR count). The molecule has 2 heterocycles. The topological polar surface area (TPSA) is 70.4 Å². The molecule has 2 aromatic heterocycles. The summed E-state index contributed by atoms with van der Waals surface area (Å²) >= 11 is 0. The van der Waals surface area contributed by atoms with Gasteiger partial charge in [0.05, 0.1) is 6.20 Å². The molecule has 0 atom stereocenters. The van der Waals surface area contributed by atoms with Crippen LogP contribution in [0.4, 0.5) is 4.39 Å². The second kappa shape index (κ2) is 3.94. The summed E-state index contributed by atoms with van der Waals surface area (Å²) < 4.78 is 14.4. The van der Waals surface area contributed by atoms with Crippen molar-refractivity contribution in [2.24, 2.45) is 0 Å². The number of hydrogen-bond acceptors (Lipinski definition) is 3. The van der Waals surface area contributed by atoms with Crippen molar-refractivity contribution in [2.75, 3.05) is 0 Å². The molecule has 19 heavy (non-hydrogen) atoms. The Morgan fingerprint density at radius 2 is 2.21 bits per heavy atom. The van der Waals surface area contributed by atoms with Gasteiger partial charge in [-0.2, -0.15) is 9.61 Å². The normalized spacial score (nSPS) is 11.1. The molecule has 0 fully saturated rings. The highest BCUT2D eigenvalue weighted by Crippen LogP contribution is 2.26. The fourth-order valence-electron chi connectivity index (χ4n) is 2.02. The van der Waals surface area contributed by atoms with Crippen LogP contribution in [0.25, 0.3) is 16.8 Å². The fourth-order valence-corrected chi connectivity index (χ4v) is 2.02. The molecule has 6 heteroatoms. The Kier molecular flexibility index (Phi) is 2.38. The predicted octanol–water partition coefficient (Wildman–Crippen LogP) is 1.84. The molecule has 1 aromatic carbocycles. The summed E-state index contributed by atoms with van der Waals surface area (Å²) in [6.07, 6.45) is 1.53. The first kappa shape index (κ1) is 11.5. The van der Waals surface area contributed by atoms with E-state index >= 15 is 0 Å². The number of H-pyrrole nitrogens is 1. The van der Waals surface area contributed by atoms with Crippen LogP contribution in [0.15, 0.2) is 35.3 Å². The van der Waals surface area contributed by atoms with Gasteiger partial charge in [-0.3, -0.25) is 4.79 Å². The van der Waals surface area contributed by atoms with Gasteiger partial charge in [-0.05, 0) is 24.6 Å². The maximum atomic E-state index is 13.2. The number of fused-ring (bicyclic) bond motifs is 1. The zero-order valence-electron chi connectivity index (χ0n) is 10.0. The Hall–Kier alpha value is -2.63. The molecular formula is C13H10FN3O2.